The average Bonchev–Trinajstić information content (AvgIpc) is 2.26. The van der Waals surface area contributed by atoms with Crippen molar-refractivity contribution in [2.45, 2.75) is 14.5 Å². The Morgan fingerprint density at radius 1 is 1.24 bits per heavy atom. The topological polar surface area (TPSA) is 100 Å². The van der Waals surface area contributed by atoms with Crippen LogP contribution < -0.4 is 10.2 Å². The van der Waals surface area contributed by atoms with E-state index in [2.05, 4.69) is 31.9 Å². The second-order valence-corrected chi connectivity index (χ2v) is 6.77. The lowest BCUT2D eigenvalue weighted by atomic mass is 10.1. The lowest BCUT2D eigenvalue weighted by Gasteiger charge is -2.18. The van der Waals surface area contributed by atoms with Crippen molar-refractivity contribution < 1.29 is 18.3 Å². The summed E-state index contributed by atoms with van der Waals surface area (Å²) in [4.78, 5) is 9.17. The smallest absolute Gasteiger partial charge is 0.238 e. The molecule has 0 unspecified atom stereocenters. The van der Waals surface area contributed by atoms with Crippen LogP contribution in [-0.2, 0) is 14.8 Å². The number of rotatable bonds is 4. The van der Waals surface area contributed by atoms with E-state index < -0.39 is 25.6 Å². The van der Waals surface area contributed by atoms with E-state index in [9.17, 15) is 18.3 Å². The maximum Gasteiger partial charge on any atom is 0.238 e. The van der Waals surface area contributed by atoms with Crippen molar-refractivity contribution in [1.29, 1.82) is 0 Å². The molecule has 0 aromatic heterocycles. The molecule has 1 rings (SSSR count). The van der Waals surface area contributed by atoms with Crippen molar-refractivity contribution in [2.75, 3.05) is 0 Å². The van der Waals surface area contributed by atoms with Crippen LogP contribution in [0.5, 0.6) is 0 Å². The van der Waals surface area contributed by atoms with Crippen LogP contribution >= 0.6 is 31.9 Å². The second kappa shape index (κ2) is 5.47. The average molecular weight is 386 g/mol. The number of aliphatic carboxylic acids is 1. The molecule has 8 heteroatoms. The van der Waals surface area contributed by atoms with Crippen LogP contribution in [0.1, 0.15) is 10.4 Å². The summed E-state index contributed by atoms with van der Waals surface area (Å²) < 4.78 is 22.0. The molecule has 2 atom stereocenters. The Morgan fingerprint density at radius 3 is 2.06 bits per heavy atom. The molecule has 0 saturated carbocycles. The summed E-state index contributed by atoms with van der Waals surface area (Å²) in [5.41, 5.74) is 0.600. The van der Waals surface area contributed by atoms with E-state index in [0.29, 0.717) is 5.56 Å². The minimum absolute atomic E-state index is 0.0273. The highest BCUT2D eigenvalue weighted by atomic mass is 79.9. The Morgan fingerprint density at radius 2 is 1.71 bits per heavy atom. The van der Waals surface area contributed by atoms with Crippen LogP contribution in [-0.4, -0.2) is 19.2 Å². The summed E-state index contributed by atoms with van der Waals surface area (Å²) in [6, 6.07) is 5.59. The number of hydrogen-bond acceptors (Lipinski definition) is 4. The van der Waals surface area contributed by atoms with Gasteiger partial charge in [0.2, 0.25) is 10.0 Å². The Labute approximate surface area is 115 Å². The van der Waals surface area contributed by atoms with Gasteiger partial charge in [0.25, 0.3) is 0 Å². The lowest BCUT2D eigenvalue weighted by Crippen LogP contribution is -2.34. The fourth-order valence-corrected chi connectivity index (χ4v) is 2.47. The molecule has 0 amide bonds. The monoisotopic (exact) mass is 384 g/mol. The maximum absolute atomic E-state index is 11.0. The Balaban J connectivity index is 2.99. The normalized spacial score (nSPS) is 15.2. The molecule has 0 bridgehead atoms. The number of nitrogens with two attached hydrogens (primary N) is 1. The van der Waals surface area contributed by atoms with Gasteiger partial charge in [-0.05, 0) is 17.7 Å². The predicted molar refractivity (Wildman–Crippen MR) is 67.2 cm³/mol. The standard InChI is InChI=1S/C9H9Br2NO4S/c10-7(8(11)9(13)14)5-1-3-6(4-2-5)17(12,15)16/h1-4,7-8H,(H,13,14)(H2,12,15,16)/p-1/t7-,8+/m0/s1. The van der Waals surface area contributed by atoms with E-state index in [1.807, 2.05) is 0 Å². The van der Waals surface area contributed by atoms with E-state index in [4.69, 9.17) is 5.14 Å². The summed E-state index contributed by atoms with van der Waals surface area (Å²) >= 11 is 6.13. The molecule has 5 nitrogen and oxygen atoms in total. The first-order valence-electron chi connectivity index (χ1n) is 4.35. The van der Waals surface area contributed by atoms with Gasteiger partial charge in [-0.25, -0.2) is 13.6 Å². The minimum atomic E-state index is -3.74. The van der Waals surface area contributed by atoms with Crippen molar-refractivity contribution in [3.05, 3.63) is 29.8 Å². The van der Waals surface area contributed by atoms with Crippen LogP contribution in [0.25, 0.3) is 0 Å². The van der Waals surface area contributed by atoms with E-state index in [1.54, 1.807) is 0 Å². The molecule has 1 aromatic carbocycles. The molecule has 0 saturated heterocycles. The number of halogens is 2. The fraction of sp³-hybridized carbons (Fsp3) is 0.222. The molecule has 0 spiro atoms. The van der Waals surface area contributed by atoms with Gasteiger partial charge in [0.05, 0.1) is 20.5 Å². The quantitative estimate of drug-likeness (QED) is 0.752. The second-order valence-electron chi connectivity index (χ2n) is 3.24. The number of alkyl halides is 2. The first-order valence-corrected chi connectivity index (χ1v) is 7.73. The zero-order valence-corrected chi connectivity index (χ0v) is 12.3. The van der Waals surface area contributed by atoms with Gasteiger partial charge in [0, 0.05) is 0 Å². The number of carboxylic acids is 1. The van der Waals surface area contributed by atoms with E-state index in [0.717, 1.165) is 0 Å². The van der Waals surface area contributed by atoms with Crippen LogP contribution in [0, 0.1) is 0 Å². The van der Waals surface area contributed by atoms with Gasteiger partial charge in [0.15, 0.2) is 0 Å². The summed E-state index contributed by atoms with van der Waals surface area (Å²) in [6.45, 7) is 0. The van der Waals surface area contributed by atoms with E-state index in [-0.39, 0.29) is 4.90 Å². The van der Waals surface area contributed by atoms with Crippen molar-refractivity contribution in [3.8, 4) is 0 Å². The number of carbonyl (C=O) groups excluding carboxylic acids is 1. The number of carboxylic acid groups (broad SMARTS) is 1. The summed E-state index contributed by atoms with van der Waals surface area (Å²) in [5, 5.41) is 15.6. The summed E-state index contributed by atoms with van der Waals surface area (Å²) in [5.74, 6) is -1.26. The molecule has 0 aliphatic heterocycles. The lowest BCUT2D eigenvalue weighted by molar-refractivity contribution is -0.304. The zero-order chi connectivity index (χ0) is 13.2. The fourth-order valence-electron chi connectivity index (χ4n) is 1.13. The molecule has 2 N–H and O–H groups in total. The molecule has 0 fully saturated rings. The first kappa shape index (κ1) is 14.6. The Kier molecular flexibility index (Phi) is 4.70. The van der Waals surface area contributed by atoms with Gasteiger partial charge in [-0.2, -0.15) is 0 Å². The first-order chi connectivity index (χ1) is 7.73. The Bertz CT molecular complexity index is 514. The highest BCUT2D eigenvalue weighted by Crippen LogP contribution is 2.31. The van der Waals surface area contributed by atoms with Gasteiger partial charge in [-0.15, -0.1) is 0 Å². The Hall–Kier alpha value is -0.440. The van der Waals surface area contributed by atoms with Gasteiger partial charge < -0.3 is 9.90 Å². The molecule has 0 heterocycles. The van der Waals surface area contributed by atoms with Crippen LogP contribution in [0.2, 0.25) is 0 Å². The van der Waals surface area contributed by atoms with E-state index in [1.165, 1.54) is 24.3 Å². The molecule has 0 aliphatic rings. The third-order valence-electron chi connectivity index (χ3n) is 2.01. The SMILES string of the molecule is NS(=O)(=O)c1ccc([C@H](Br)[C@@H](Br)C(=O)[O-])cc1. The van der Waals surface area contributed by atoms with Crippen molar-refractivity contribution in [1.82, 2.24) is 0 Å². The number of sulfonamides is 1. The molecule has 1 aromatic rings. The summed E-state index contributed by atoms with van der Waals surface area (Å²) in [7, 11) is -3.74. The number of carbonyl (C=O) groups is 1. The number of benzene rings is 1. The van der Waals surface area contributed by atoms with Gasteiger partial charge in [0.1, 0.15) is 0 Å². The van der Waals surface area contributed by atoms with Crippen molar-refractivity contribution in [3.63, 3.8) is 0 Å². The highest BCUT2D eigenvalue weighted by Gasteiger charge is 2.19. The maximum atomic E-state index is 11.0. The summed E-state index contributed by atoms with van der Waals surface area (Å²) in [6.07, 6.45) is 0. The van der Waals surface area contributed by atoms with Gasteiger partial charge >= 0.3 is 0 Å². The zero-order valence-electron chi connectivity index (χ0n) is 8.34. The molecule has 0 aliphatic carbocycles. The highest BCUT2D eigenvalue weighted by molar-refractivity contribution is 9.12. The van der Waals surface area contributed by atoms with Crippen LogP contribution in [0.3, 0.4) is 0 Å². The molecular weight excluding hydrogens is 378 g/mol. The minimum Gasteiger partial charge on any atom is -0.549 e. The molecule has 17 heavy (non-hydrogen) atoms. The molecule has 0 radical (unpaired) electrons. The van der Waals surface area contributed by atoms with Crippen LogP contribution in [0.4, 0.5) is 0 Å². The molecule has 94 valence electrons. The van der Waals surface area contributed by atoms with Gasteiger partial charge in [-0.3, -0.25) is 0 Å². The largest absolute Gasteiger partial charge is 0.549 e. The van der Waals surface area contributed by atoms with Gasteiger partial charge in [-0.1, -0.05) is 44.0 Å². The molecular formula is C9H8Br2NO4S-. The van der Waals surface area contributed by atoms with E-state index >= 15 is 0 Å². The number of hydrogen-bond donors (Lipinski definition) is 1. The van der Waals surface area contributed by atoms with Crippen molar-refractivity contribution in [2.24, 2.45) is 5.14 Å². The van der Waals surface area contributed by atoms with Crippen molar-refractivity contribution >= 4 is 47.9 Å². The predicted octanol–water partition coefficient (Wildman–Crippen LogP) is 0.283. The third-order valence-corrected chi connectivity index (χ3v) is 5.61. The number of primary sulfonamides is 1. The van der Waals surface area contributed by atoms with Crippen LogP contribution in [0.15, 0.2) is 29.2 Å². The third kappa shape index (κ3) is 3.77.